The highest BCUT2D eigenvalue weighted by molar-refractivity contribution is 9.10. The Morgan fingerprint density at radius 2 is 1.71 bits per heavy atom. The van der Waals surface area contributed by atoms with Gasteiger partial charge in [-0.15, -0.1) is 0 Å². The van der Waals surface area contributed by atoms with Gasteiger partial charge < -0.3 is 0 Å². The number of hydrogen-bond acceptors (Lipinski definition) is 1. The van der Waals surface area contributed by atoms with Crippen LogP contribution in [-0.2, 0) is 0 Å². The highest BCUT2D eigenvalue weighted by Gasteiger charge is 2.14. The van der Waals surface area contributed by atoms with E-state index in [0.29, 0.717) is 25.9 Å². The van der Waals surface area contributed by atoms with Crippen molar-refractivity contribution in [1.29, 1.82) is 0 Å². The molecule has 0 spiro atoms. The second kappa shape index (κ2) is 5.72. The summed E-state index contributed by atoms with van der Waals surface area (Å²) < 4.78 is 1.90. The number of aromatic nitrogens is 2. The number of halogens is 3. The van der Waals surface area contributed by atoms with Crippen LogP contribution in [0.25, 0.3) is 16.9 Å². The Balaban J connectivity index is 2.17. The standard InChI is InChI=1S/C15H9BrCl2N2O/c16-13-14(9-4-2-1-3-5-9)19-20(15(13)21)10-6-7-11(17)12(18)8-10/h1-8,19H. The molecule has 21 heavy (non-hydrogen) atoms. The molecule has 0 saturated carbocycles. The van der Waals surface area contributed by atoms with Gasteiger partial charge in [-0.2, -0.15) is 0 Å². The molecule has 1 heterocycles. The van der Waals surface area contributed by atoms with E-state index in [2.05, 4.69) is 21.0 Å². The van der Waals surface area contributed by atoms with Crippen LogP contribution in [0.4, 0.5) is 0 Å². The summed E-state index contributed by atoms with van der Waals surface area (Å²) in [6, 6.07) is 14.6. The lowest BCUT2D eigenvalue weighted by molar-refractivity contribution is 0.852. The van der Waals surface area contributed by atoms with E-state index in [1.807, 2.05) is 30.3 Å². The number of benzene rings is 2. The second-order valence-corrected chi connectivity index (χ2v) is 6.01. The van der Waals surface area contributed by atoms with Crippen LogP contribution in [0.2, 0.25) is 10.0 Å². The van der Waals surface area contributed by atoms with Crippen molar-refractivity contribution in [1.82, 2.24) is 9.78 Å². The fraction of sp³-hybridized carbons (Fsp3) is 0. The van der Waals surface area contributed by atoms with Crippen molar-refractivity contribution in [3.63, 3.8) is 0 Å². The zero-order chi connectivity index (χ0) is 15.0. The second-order valence-electron chi connectivity index (χ2n) is 4.41. The van der Waals surface area contributed by atoms with E-state index in [1.165, 1.54) is 4.68 Å². The minimum absolute atomic E-state index is 0.188. The molecular formula is C15H9BrCl2N2O. The molecule has 0 radical (unpaired) electrons. The fourth-order valence-corrected chi connectivity index (χ4v) is 2.81. The third kappa shape index (κ3) is 2.67. The van der Waals surface area contributed by atoms with Gasteiger partial charge >= 0.3 is 0 Å². The summed E-state index contributed by atoms with van der Waals surface area (Å²) in [5.41, 5.74) is 2.07. The largest absolute Gasteiger partial charge is 0.289 e. The third-order valence-corrected chi connectivity index (χ3v) is 4.53. The van der Waals surface area contributed by atoms with Crippen LogP contribution in [0.15, 0.2) is 57.8 Å². The van der Waals surface area contributed by atoms with Crippen LogP contribution in [0, 0.1) is 0 Å². The number of H-pyrrole nitrogens is 1. The van der Waals surface area contributed by atoms with Crippen molar-refractivity contribution >= 4 is 39.1 Å². The molecule has 1 N–H and O–H groups in total. The number of hydrogen-bond donors (Lipinski definition) is 1. The first-order valence-corrected chi connectivity index (χ1v) is 7.64. The summed E-state index contributed by atoms with van der Waals surface area (Å²) in [4.78, 5) is 12.4. The van der Waals surface area contributed by atoms with E-state index in [1.54, 1.807) is 18.2 Å². The first-order valence-electron chi connectivity index (χ1n) is 6.09. The minimum atomic E-state index is -0.188. The highest BCUT2D eigenvalue weighted by Crippen LogP contribution is 2.27. The molecule has 0 fully saturated rings. The number of nitrogens with one attached hydrogen (secondary N) is 1. The van der Waals surface area contributed by atoms with Gasteiger partial charge in [0, 0.05) is 5.56 Å². The first-order chi connectivity index (χ1) is 10.1. The highest BCUT2D eigenvalue weighted by atomic mass is 79.9. The molecule has 0 amide bonds. The molecule has 1 aromatic heterocycles. The molecule has 106 valence electrons. The Labute approximate surface area is 139 Å². The van der Waals surface area contributed by atoms with Crippen molar-refractivity contribution in [2.75, 3.05) is 0 Å². The average Bonchev–Trinajstić information content (AvgIpc) is 2.79. The van der Waals surface area contributed by atoms with Gasteiger partial charge in [0.25, 0.3) is 5.56 Å². The Bertz CT molecular complexity index is 856. The van der Waals surface area contributed by atoms with Crippen LogP contribution in [0.5, 0.6) is 0 Å². The van der Waals surface area contributed by atoms with Crippen LogP contribution in [0.1, 0.15) is 0 Å². The van der Waals surface area contributed by atoms with Gasteiger partial charge in [-0.1, -0.05) is 53.5 Å². The summed E-state index contributed by atoms with van der Waals surface area (Å²) in [5, 5.41) is 3.93. The predicted molar refractivity (Wildman–Crippen MR) is 89.5 cm³/mol. The molecule has 6 heteroatoms. The van der Waals surface area contributed by atoms with E-state index < -0.39 is 0 Å². The van der Waals surface area contributed by atoms with E-state index in [4.69, 9.17) is 23.2 Å². The normalized spacial score (nSPS) is 10.8. The zero-order valence-electron chi connectivity index (χ0n) is 10.6. The van der Waals surface area contributed by atoms with Crippen molar-refractivity contribution in [3.8, 4) is 16.9 Å². The average molecular weight is 384 g/mol. The van der Waals surface area contributed by atoms with Gasteiger partial charge in [0.2, 0.25) is 0 Å². The van der Waals surface area contributed by atoms with Gasteiger partial charge in [0.05, 0.1) is 21.4 Å². The molecule has 0 saturated heterocycles. The number of rotatable bonds is 2. The Kier molecular flexibility index (Phi) is 3.93. The molecule has 0 aliphatic carbocycles. The van der Waals surface area contributed by atoms with E-state index in [0.717, 1.165) is 5.56 Å². The maximum Gasteiger partial charge on any atom is 0.286 e. The van der Waals surface area contributed by atoms with Gasteiger partial charge in [0.15, 0.2) is 0 Å². The fourth-order valence-electron chi connectivity index (χ4n) is 2.02. The van der Waals surface area contributed by atoms with Gasteiger partial charge in [-0.3, -0.25) is 9.89 Å². The predicted octanol–water partition coefficient (Wildman–Crippen LogP) is 4.90. The molecule has 3 nitrogen and oxygen atoms in total. The Morgan fingerprint density at radius 3 is 2.38 bits per heavy atom. The maximum atomic E-state index is 12.4. The Hall–Kier alpha value is -1.49. The maximum absolute atomic E-state index is 12.4. The van der Waals surface area contributed by atoms with Crippen molar-refractivity contribution in [2.45, 2.75) is 0 Å². The molecule has 0 aliphatic rings. The molecule has 0 aliphatic heterocycles. The van der Waals surface area contributed by atoms with Gasteiger partial charge in [0.1, 0.15) is 4.47 Å². The van der Waals surface area contributed by atoms with Crippen LogP contribution < -0.4 is 5.56 Å². The first kappa shape index (κ1) is 14.4. The quantitative estimate of drug-likeness (QED) is 0.671. The SMILES string of the molecule is O=c1c(Br)c(-c2ccccc2)[nH]n1-c1ccc(Cl)c(Cl)c1. The molecule has 2 aromatic carbocycles. The zero-order valence-corrected chi connectivity index (χ0v) is 13.7. The Morgan fingerprint density at radius 1 is 1.00 bits per heavy atom. The number of aromatic amines is 1. The lowest BCUT2D eigenvalue weighted by Crippen LogP contribution is -2.14. The summed E-state index contributed by atoms with van der Waals surface area (Å²) in [6.07, 6.45) is 0. The van der Waals surface area contributed by atoms with Crippen molar-refractivity contribution in [2.24, 2.45) is 0 Å². The molecular weight excluding hydrogens is 375 g/mol. The minimum Gasteiger partial charge on any atom is -0.289 e. The van der Waals surface area contributed by atoms with Crippen LogP contribution in [-0.4, -0.2) is 9.78 Å². The van der Waals surface area contributed by atoms with E-state index in [-0.39, 0.29) is 5.56 Å². The van der Waals surface area contributed by atoms with Crippen LogP contribution >= 0.6 is 39.1 Å². The molecule has 0 unspecified atom stereocenters. The summed E-state index contributed by atoms with van der Waals surface area (Å²) >= 11 is 15.3. The monoisotopic (exact) mass is 382 g/mol. The van der Waals surface area contributed by atoms with Crippen molar-refractivity contribution < 1.29 is 0 Å². The van der Waals surface area contributed by atoms with Gasteiger partial charge in [-0.05, 0) is 34.1 Å². The topological polar surface area (TPSA) is 37.8 Å². The summed E-state index contributed by atoms with van der Waals surface area (Å²) in [5.74, 6) is 0. The summed E-state index contributed by atoms with van der Waals surface area (Å²) in [6.45, 7) is 0. The lowest BCUT2D eigenvalue weighted by atomic mass is 10.2. The smallest absolute Gasteiger partial charge is 0.286 e. The number of nitrogens with zero attached hydrogens (tertiary/aromatic N) is 1. The van der Waals surface area contributed by atoms with Crippen LogP contribution in [0.3, 0.4) is 0 Å². The molecule has 0 atom stereocenters. The van der Waals surface area contributed by atoms with E-state index >= 15 is 0 Å². The summed E-state index contributed by atoms with van der Waals surface area (Å²) in [7, 11) is 0. The third-order valence-electron chi connectivity index (χ3n) is 3.06. The van der Waals surface area contributed by atoms with Gasteiger partial charge in [-0.25, -0.2) is 4.68 Å². The molecule has 0 bridgehead atoms. The molecule has 3 aromatic rings. The molecule has 3 rings (SSSR count). The van der Waals surface area contributed by atoms with E-state index in [9.17, 15) is 4.79 Å². The lowest BCUT2D eigenvalue weighted by Gasteiger charge is -2.04. The van der Waals surface area contributed by atoms with Crippen molar-refractivity contribution in [3.05, 3.63) is 73.4 Å².